The van der Waals surface area contributed by atoms with Crippen molar-refractivity contribution in [1.82, 2.24) is 4.98 Å². The highest BCUT2D eigenvalue weighted by Crippen LogP contribution is 2.30. The normalized spacial score (nSPS) is 11.8. The first-order valence-corrected chi connectivity index (χ1v) is 9.39. The van der Waals surface area contributed by atoms with Crippen LogP contribution in [-0.2, 0) is 0 Å². The van der Waals surface area contributed by atoms with Crippen molar-refractivity contribution in [3.63, 3.8) is 0 Å². The Morgan fingerprint density at radius 1 is 0.867 bits per heavy atom. The molecule has 0 spiro atoms. The number of fused-ring (bicyclic) bond motifs is 1. The highest BCUT2D eigenvalue weighted by Gasteiger charge is 2.20. The summed E-state index contributed by atoms with van der Waals surface area (Å²) >= 11 is 0. The second-order valence-electron chi connectivity index (χ2n) is 6.71. The minimum absolute atomic E-state index is 0.0307. The summed E-state index contributed by atoms with van der Waals surface area (Å²) in [6, 6.07) is 25.5. The first-order valence-electron chi connectivity index (χ1n) is 9.39. The van der Waals surface area contributed by atoms with Gasteiger partial charge in [0, 0.05) is 11.5 Å². The minimum Gasteiger partial charge on any atom is -0.506 e. The van der Waals surface area contributed by atoms with Crippen LogP contribution in [0.4, 0.5) is 0 Å². The van der Waals surface area contributed by atoms with E-state index in [-0.39, 0.29) is 11.4 Å². The standard InChI is InChI=1S/C25H18N2O3/c28-24-13-7-12-20-17-21(23(27(29)30)16-19-10-5-2-6-11-19)22(26-25(20)24)15-14-18-8-3-1-4-9-18/h1-17,28H. The van der Waals surface area contributed by atoms with Crippen molar-refractivity contribution in [3.05, 3.63) is 117 Å². The van der Waals surface area contributed by atoms with E-state index in [2.05, 4.69) is 4.98 Å². The van der Waals surface area contributed by atoms with Crippen molar-refractivity contribution in [3.8, 4) is 5.75 Å². The van der Waals surface area contributed by atoms with Gasteiger partial charge in [0.15, 0.2) is 0 Å². The molecule has 0 aliphatic carbocycles. The van der Waals surface area contributed by atoms with Gasteiger partial charge < -0.3 is 5.11 Å². The molecule has 1 heterocycles. The average Bonchev–Trinajstić information content (AvgIpc) is 2.77. The first kappa shape index (κ1) is 19.1. The molecule has 0 saturated heterocycles. The quantitative estimate of drug-likeness (QED) is 0.338. The van der Waals surface area contributed by atoms with Gasteiger partial charge in [-0.25, -0.2) is 4.98 Å². The molecule has 5 nitrogen and oxygen atoms in total. The lowest BCUT2D eigenvalue weighted by atomic mass is 10.0. The average molecular weight is 394 g/mol. The Bertz CT molecular complexity index is 1260. The highest BCUT2D eigenvalue weighted by atomic mass is 16.6. The van der Waals surface area contributed by atoms with E-state index in [1.165, 1.54) is 6.08 Å². The smallest absolute Gasteiger partial charge is 0.279 e. The van der Waals surface area contributed by atoms with E-state index >= 15 is 0 Å². The number of benzene rings is 3. The summed E-state index contributed by atoms with van der Waals surface area (Å²) < 4.78 is 0. The second-order valence-corrected chi connectivity index (χ2v) is 6.71. The van der Waals surface area contributed by atoms with Crippen molar-refractivity contribution in [1.29, 1.82) is 0 Å². The molecule has 0 amide bonds. The maximum Gasteiger partial charge on any atom is 0.279 e. The van der Waals surface area contributed by atoms with E-state index in [4.69, 9.17) is 0 Å². The Morgan fingerprint density at radius 3 is 2.20 bits per heavy atom. The number of pyridine rings is 1. The second kappa shape index (κ2) is 8.41. The first-order chi connectivity index (χ1) is 14.6. The molecule has 4 rings (SSSR count). The van der Waals surface area contributed by atoms with Crippen molar-refractivity contribution in [2.75, 3.05) is 0 Å². The fraction of sp³-hybridized carbons (Fsp3) is 0. The van der Waals surface area contributed by atoms with Gasteiger partial charge >= 0.3 is 0 Å². The van der Waals surface area contributed by atoms with Crippen LogP contribution in [0.5, 0.6) is 5.75 Å². The molecule has 0 unspecified atom stereocenters. The Hall–Kier alpha value is -4.25. The van der Waals surface area contributed by atoms with Crippen LogP contribution in [0, 0.1) is 10.1 Å². The third-order valence-corrected chi connectivity index (χ3v) is 4.66. The van der Waals surface area contributed by atoms with Crippen molar-refractivity contribution >= 4 is 34.8 Å². The SMILES string of the molecule is O=[N+]([O-])C(=Cc1ccccc1)c1cc2cccc(O)c2nc1C=Cc1ccccc1. The zero-order valence-corrected chi connectivity index (χ0v) is 16.0. The fourth-order valence-corrected chi connectivity index (χ4v) is 3.20. The minimum atomic E-state index is -0.404. The van der Waals surface area contributed by atoms with Gasteiger partial charge in [-0.2, -0.15) is 0 Å². The lowest BCUT2D eigenvalue weighted by molar-refractivity contribution is -0.374. The molecule has 5 heteroatoms. The van der Waals surface area contributed by atoms with Crippen LogP contribution in [0.15, 0.2) is 84.9 Å². The number of para-hydroxylation sites is 1. The summed E-state index contributed by atoms with van der Waals surface area (Å²) in [4.78, 5) is 16.1. The summed E-state index contributed by atoms with van der Waals surface area (Å²) in [7, 11) is 0. The van der Waals surface area contributed by atoms with Crippen LogP contribution in [0.1, 0.15) is 22.4 Å². The maximum absolute atomic E-state index is 12.0. The van der Waals surface area contributed by atoms with Crippen molar-refractivity contribution < 1.29 is 10.0 Å². The van der Waals surface area contributed by atoms with Gasteiger partial charge in [0.25, 0.3) is 5.70 Å². The Balaban J connectivity index is 1.93. The molecular weight excluding hydrogens is 376 g/mol. The van der Waals surface area contributed by atoms with Crippen molar-refractivity contribution in [2.24, 2.45) is 0 Å². The summed E-state index contributed by atoms with van der Waals surface area (Å²) in [5.74, 6) is 0.0307. The zero-order chi connectivity index (χ0) is 20.9. The molecule has 0 aliphatic heterocycles. The van der Waals surface area contributed by atoms with E-state index in [1.807, 2.05) is 66.7 Å². The Morgan fingerprint density at radius 2 is 1.53 bits per heavy atom. The topological polar surface area (TPSA) is 76.3 Å². The number of aromatic hydroxyl groups is 1. The number of hydrogen-bond acceptors (Lipinski definition) is 4. The Labute approximate surface area is 173 Å². The largest absolute Gasteiger partial charge is 0.506 e. The summed E-state index contributed by atoms with van der Waals surface area (Å²) in [6.45, 7) is 0. The summed E-state index contributed by atoms with van der Waals surface area (Å²) in [6.07, 6.45) is 5.11. The van der Waals surface area contributed by atoms with E-state index < -0.39 is 4.92 Å². The van der Waals surface area contributed by atoms with E-state index in [9.17, 15) is 15.2 Å². The van der Waals surface area contributed by atoms with Crippen LogP contribution in [0.25, 0.3) is 34.8 Å². The van der Waals surface area contributed by atoms with Gasteiger partial charge in [-0.15, -0.1) is 0 Å². The number of rotatable bonds is 5. The van der Waals surface area contributed by atoms with Crippen LogP contribution in [-0.4, -0.2) is 15.0 Å². The number of phenols is 1. The molecule has 0 aliphatic rings. The van der Waals surface area contributed by atoms with E-state index in [0.717, 1.165) is 11.1 Å². The third kappa shape index (κ3) is 4.10. The van der Waals surface area contributed by atoms with Crippen LogP contribution < -0.4 is 0 Å². The predicted molar refractivity (Wildman–Crippen MR) is 120 cm³/mol. The molecule has 3 aromatic carbocycles. The van der Waals surface area contributed by atoms with Crippen LogP contribution in [0.2, 0.25) is 0 Å². The number of phenolic OH excluding ortho intramolecular Hbond substituents is 1. The molecular formula is C25H18N2O3. The highest BCUT2D eigenvalue weighted by molar-refractivity contribution is 5.92. The van der Waals surface area contributed by atoms with Crippen LogP contribution in [0.3, 0.4) is 0 Å². The molecule has 0 bridgehead atoms. The molecule has 0 saturated carbocycles. The van der Waals surface area contributed by atoms with Gasteiger partial charge in [-0.05, 0) is 29.3 Å². The van der Waals surface area contributed by atoms with Gasteiger partial charge in [0.1, 0.15) is 11.3 Å². The molecule has 0 atom stereocenters. The monoisotopic (exact) mass is 394 g/mol. The summed E-state index contributed by atoms with van der Waals surface area (Å²) in [5, 5.41) is 22.8. The third-order valence-electron chi connectivity index (χ3n) is 4.66. The molecule has 1 aromatic heterocycles. The lowest BCUT2D eigenvalue weighted by Gasteiger charge is -2.08. The van der Waals surface area contributed by atoms with Gasteiger partial charge in [-0.3, -0.25) is 10.1 Å². The molecule has 4 aromatic rings. The van der Waals surface area contributed by atoms with E-state index in [1.54, 1.807) is 30.3 Å². The van der Waals surface area contributed by atoms with Crippen LogP contribution >= 0.6 is 0 Å². The van der Waals surface area contributed by atoms with Gasteiger partial charge in [0.05, 0.1) is 16.2 Å². The number of aromatic nitrogens is 1. The maximum atomic E-state index is 12.0. The molecule has 146 valence electrons. The number of hydrogen-bond donors (Lipinski definition) is 1. The van der Waals surface area contributed by atoms with E-state index in [0.29, 0.717) is 22.2 Å². The fourth-order valence-electron chi connectivity index (χ4n) is 3.20. The van der Waals surface area contributed by atoms with Gasteiger partial charge in [-0.1, -0.05) is 78.9 Å². The van der Waals surface area contributed by atoms with Gasteiger partial charge in [0.2, 0.25) is 0 Å². The molecule has 1 N–H and O–H groups in total. The lowest BCUT2D eigenvalue weighted by Crippen LogP contribution is -2.02. The number of nitrogens with zero attached hydrogens (tertiary/aromatic N) is 2. The summed E-state index contributed by atoms with van der Waals surface area (Å²) in [5.41, 5.74) is 2.79. The zero-order valence-electron chi connectivity index (χ0n) is 16.0. The number of nitro groups is 1. The molecule has 30 heavy (non-hydrogen) atoms. The Kier molecular flexibility index (Phi) is 5.35. The molecule has 0 fully saturated rings. The van der Waals surface area contributed by atoms with Crippen molar-refractivity contribution in [2.45, 2.75) is 0 Å². The molecule has 0 radical (unpaired) electrons. The predicted octanol–water partition coefficient (Wildman–Crippen LogP) is 5.89.